The lowest BCUT2D eigenvalue weighted by Crippen LogP contribution is -2.29. The summed E-state index contributed by atoms with van der Waals surface area (Å²) in [5.74, 6) is 0. The third-order valence-corrected chi connectivity index (χ3v) is 17.6. The number of pyridine rings is 2. The van der Waals surface area contributed by atoms with Crippen molar-refractivity contribution in [1.29, 1.82) is 0 Å². The molecule has 6 nitrogen and oxygen atoms in total. The predicted molar refractivity (Wildman–Crippen MR) is 304 cm³/mol. The zero-order valence-corrected chi connectivity index (χ0v) is 41.5. The number of hydrogen-bond donors (Lipinski definition) is 1. The van der Waals surface area contributed by atoms with Crippen molar-refractivity contribution in [2.75, 3.05) is 0 Å². The van der Waals surface area contributed by atoms with E-state index in [1.807, 2.05) is 43.5 Å². The highest BCUT2D eigenvalue weighted by molar-refractivity contribution is 7.13. The SMILES string of the molecule is C/C=C\C=C(/N)c1cccc(C2=C(c3ccc(-n4c(-c5ccccc5)cc5ccccc54)cc3)C(c3ccc(-n4c(-c5ccccc5)cc5ccccc54)cc3)=C(c3cccc(C4C=CC=N4)n3)[Si]2(C)C)n1. The lowest BCUT2D eigenvalue weighted by molar-refractivity contribution is 0.878. The van der Waals surface area contributed by atoms with Gasteiger partial charge in [0.15, 0.2) is 0 Å². The number of aliphatic imine (C=N–C) groups is 1. The van der Waals surface area contributed by atoms with Crippen molar-refractivity contribution in [1.82, 2.24) is 19.1 Å². The van der Waals surface area contributed by atoms with Crippen molar-refractivity contribution in [2.24, 2.45) is 10.7 Å². The molecule has 0 bridgehead atoms. The molecule has 72 heavy (non-hydrogen) atoms. The first-order chi connectivity index (χ1) is 35.4. The van der Waals surface area contributed by atoms with Crippen molar-refractivity contribution in [3.63, 3.8) is 0 Å². The van der Waals surface area contributed by atoms with Gasteiger partial charge in [-0.2, -0.15) is 0 Å². The number of fused-ring (bicyclic) bond motifs is 2. The first-order valence-electron chi connectivity index (χ1n) is 24.6. The van der Waals surface area contributed by atoms with Crippen molar-refractivity contribution in [3.8, 4) is 33.9 Å². The van der Waals surface area contributed by atoms with Crippen LogP contribution >= 0.6 is 0 Å². The van der Waals surface area contributed by atoms with E-state index >= 15 is 0 Å². The Hall–Kier alpha value is -8.91. The molecule has 4 aromatic heterocycles. The Kier molecular flexibility index (Phi) is 11.3. The van der Waals surface area contributed by atoms with Gasteiger partial charge in [-0.05, 0) is 136 Å². The fraction of sp³-hybridized carbons (Fsp3) is 0.0615. The molecule has 346 valence electrons. The molecular weight excluding hydrogens is 893 g/mol. The number of hydrogen-bond acceptors (Lipinski definition) is 4. The minimum atomic E-state index is -2.74. The highest BCUT2D eigenvalue weighted by Crippen LogP contribution is 2.55. The van der Waals surface area contributed by atoms with Crippen LogP contribution in [0, 0.1) is 0 Å². The van der Waals surface area contributed by atoms with Crippen molar-refractivity contribution >= 4 is 63.3 Å². The van der Waals surface area contributed by atoms with E-state index in [0.29, 0.717) is 5.70 Å². The monoisotopic (exact) mass is 944 g/mol. The molecule has 0 saturated heterocycles. The van der Waals surface area contributed by atoms with Crippen LogP contribution in [0.5, 0.6) is 0 Å². The predicted octanol–water partition coefficient (Wildman–Crippen LogP) is 15.6. The van der Waals surface area contributed by atoms with Gasteiger partial charge in [-0.1, -0.05) is 165 Å². The van der Waals surface area contributed by atoms with Crippen molar-refractivity contribution in [3.05, 3.63) is 271 Å². The van der Waals surface area contributed by atoms with Gasteiger partial charge in [0.1, 0.15) is 14.1 Å². The molecule has 0 amide bonds. The average molecular weight is 945 g/mol. The maximum Gasteiger partial charge on any atom is 0.119 e. The number of nitrogens with two attached hydrogens (primary N) is 1. The molecule has 0 saturated carbocycles. The summed E-state index contributed by atoms with van der Waals surface area (Å²) in [6, 6.07) is 74.1. The van der Waals surface area contributed by atoms with Crippen LogP contribution < -0.4 is 5.73 Å². The molecule has 0 radical (unpaired) electrons. The molecule has 1 unspecified atom stereocenters. The summed E-state index contributed by atoms with van der Waals surface area (Å²) in [7, 11) is -2.74. The topological polar surface area (TPSA) is 74.0 Å². The molecule has 6 aromatic carbocycles. The van der Waals surface area contributed by atoms with Gasteiger partial charge in [0.05, 0.1) is 50.9 Å². The van der Waals surface area contributed by atoms with Gasteiger partial charge >= 0.3 is 0 Å². The minimum absolute atomic E-state index is 0.134. The van der Waals surface area contributed by atoms with Crippen LogP contribution in [0.25, 0.3) is 82.9 Å². The van der Waals surface area contributed by atoms with Gasteiger partial charge in [0.25, 0.3) is 0 Å². The standard InChI is InChI=1S/C65H52N6Si/c1-4-5-25-52(66)53-26-16-28-56(68-53)64-62(46-33-37-50(38-34-46)70-58-31-14-12-23-48(58)42-60(70)44-19-8-6-9-20-44)63(65(72(64,2)3)57-29-17-27-55(69-57)54-30-18-41-67-54)47-35-39-51(40-36-47)71-59-32-15-13-24-49(59)43-61(71)45-21-10-7-11-22-45/h4-43,54H,66H2,1-3H3/b5-4-,52-25-. The normalized spacial score (nSPS) is 15.5. The van der Waals surface area contributed by atoms with E-state index in [0.717, 1.165) is 90.0 Å². The highest BCUT2D eigenvalue weighted by Gasteiger charge is 2.45. The Bertz CT molecular complexity index is 3870. The molecule has 2 N–H and O–H groups in total. The van der Waals surface area contributed by atoms with Gasteiger partial charge in [-0.15, -0.1) is 0 Å². The largest absolute Gasteiger partial charge is 0.397 e. The summed E-state index contributed by atoms with van der Waals surface area (Å²) >= 11 is 0. The van der Waals surface area contributed by atoms with E-state index in [9.17, 15) is 0 Å². The average Bonchev–Trinajstić information content (AvgIpc) is 4.24. The summed E-state index contributed by atoms with van der Waals surface area (Å²) in [4.78, 5) is 15.7. The molecule has 7 heteroatoms. The van der Waals surface area contributed by atoms with Crippen molar-refractivity contribution in [2.45, 2.75) is 26.1 Å². The molecule has 2 aliphatic heterocycles. The summed E-state index contributed by atoms with van der Waals surface area (Å²) in [6.07, 6.45) is 11.9. The number of aromatic nitrogens is 4. The Morgan fingerprint density at radius 2 is 1.03 bits per heavy atom. The number of rotatable bonds is 11. The zero-order valence-electron chi connectivity index (χ0n) is 40.5. The van der Waals surface area contributed by atoms with Crippen LogP contribution in [0.4, 0.5) is 0 Å². The molecular formula is C65H52N6Si. The number of nitrogens with zero attached hydrogens (tertiary/aromatic N) is 5. The van der Waals surface area contributed by atoms with Crippen LogP contribution in [0.2, 0.25) is 13.1 Å². The first-order valence-corrected chi connectivity index (χ1v) is 27.6. The Morgan fingerprint density at radius 3 is 1.54 bits per heavy atom. The number of allylic oxidation sites excluding steroid dienone is 6. The molecule has 0 fully saturated rings. The van der Waals surface area contributed by atoms with Gasteiger partial charge in [0, 0.05) is 28.4 Å². The van der Waals surface area contributed by atoms with Crippen molar-refractivity contribution < 1.29 is 0 Å². The van der Waals surface area contributed by atoms with E-state index in [1.165, 1.54) is 21.2 Å². The summed E-state index contributed by atoms with van der Waals surface area (Å²) in [5.41, 5.74) is 24.6. The Morgan fingerprint density at radius 1 is 0.528 bits per heavy atom. The van der Waals surface area contributed by atoms with E-state index in [-0.39, 0.29) is 6.04 Å². The Balaban J connectivity index is 1.10. The highest BCUT2D eigenvalue weighted by atomic mass is 28.3. The fourth-order valence-electron chi connectivity index (χ4n) is 10.8. The molecule has 12 rings (SSSR count). The fourth-order valence-corrected chi connectivity index (χ4v) is 14.4. The summed E-state index contributed by atoms with van der Waals surface area (Å²) in [5, 5.41) is 4.87. The van der Waals surface area contributed by atoms with Crippen LogP contribution in [-0.4, -0.2) is 33.4 Å². The molecule has 1 atom stereocenters. The lowest BCUT2D eigenvalue weighted by Gasteiger charge is -2.26. The maximum absolute atomic E-state index is 6.77. The Labute approximate surface area is 421 Å². The van der Waals surface area contributed by atoms with E-state index in [4.69, 9.17) is 20.7 Å². The molecule has 0 aliphatic carbocycles. The second-order valence-electron chi connectivity index (χ2n) is 18.9. The van der Waals surface area contributed by atoms with Crippen LogP contribution in [0.3, 0.4) is 0 Å². The minimum Gasteiger partial charge on any atom is -0.397 e. The smallest absolute Gasteiger partial charge is 0.119 e. The van der Waals surface area contributed by atoms with E-state index < -0.39 is 8.07 Å². The quantitative estimate of drug-likeness (QED) is 0.104. The first kappa shape index (κ1) is 44.3. The van der Waals surface area contributed by atoms with Gasteiger partial charge < -0.3 is 14.9 Å². The van der Waals surface area contributed by atoms with Crippen LogP contribution in [0.15, 0.2) is 242 Å². The maximum atomic E-state index is 6.77. The van der Waals surface area contributed by atoms with E-state index in [1.54, 1.807) is 0 Å². The van der Waals surface area contributed by atoms with Crippen LogP contribution in [-0.2, 0) is 0 Å². The summed E-state index contributed by atoms with van der Waals surface area (Å²) < 4.78 is 4.77. The second-order valence-corrected chi connectivity index (χ2v) is 23.2. The van der Waals surface area contributed by atoms with Crippen LogP contribution in [0.1, 0.15) is 46.9 Å². The molecule has 2 aliphatic rings. The number of para-hydroxylation sites is 2. The summed E-state index contributed by atoms with van der Waals surface area (Å²) in [6.45, 7) is 6.91. The zero-order chi connectivity index (χ0) is 48.8. The second kappa shape index (κ2) is 18.4. The molecule has 6 heterocycles. The van der Waals surface area contributed by atoms with Gasteiger partial charge in [0.2, 0.25) is 0 Å². The molecule has 10 aromatic rings. The van der Waals surface area contributed by atoms with Gasteiger partial charge in [-0.25, -0.2) is 4.98 Å². The lowest BCUT2D eigenvalue weighted by atomic mass is 9.90. The number of benzene rings is 6. The molecule has 0 spiro atoms. The third-order valence-electron chi connectivity index (χ3n) is 14.1. The van der Waals surface area contributed by atoms with Gasteiger partial charge in [-0.3, -0.25) is 9.98 Å². The third kappa shape index (κ3) is 7.81. The van der Waals surface area contributed by atoms with E-state index in [2.05, 4.69) is 228 Å².